The third-order valence-electron chi connectivity index (χ3n) is 2.91. The number of nitrogens with zero attached hydrogens (tertiary/aromatic N) is 1. The van der Waals surface area contributed by atoms with Crippen LogP contribution in [0.5, 0.6) is 0 Å². The molecule has 0 spiro atoms. The van der Waals surface area contributed by atoms with E-state index in [-0.39, 0.29) is 6.04 Å². The van der Waals surface area contributed by atoms with E-state index >= 15 is 0 Å². The van der Waals surface area contributed by atoms with Crippen molar-refractivity contribution in [3.8, 4) is 0 Å². The summed E-state index contributed by atoms with van der Waals surface area (Å²) in [5, 5.41) is 0. The lowest BCUT2D eigenvalue weighted by Crippen LogP contribution is -2.35. The van der Waals surface area contributed by atoms with E-state index in [9.17, 15) is 0 Å². The molecule has 3 nitrogen and oxygen atoms in total. The molecule has 2 heterocycles. The zero-order chi connectivity index (χ0) is 9.97. The first-order chi connectivity index (χ1) is 6.77. The molecular formula is C10H16N2OS. The van der Waals surface area contributed by atoms with Crippen LogP contribution in [-0.2, 0) is 11.2 Å². The smallest absolute Gasteiger partial charge is 0.0794 e. The Kier molecular flexibility index (Phi) is 3.15. The van der Waals surface area contributed by atoms with Crippen LogP contribution in [0.4, 0.5) is 0 Å². The van der Waals surface area contributed by atoms with Crippen molar-refractivity contribution >= 4 is 11.3 Å². The number of rotatable bonds is 3. The Morgan fingerprint density at radius 2 is 2.64 bits per heavy atom. The van der Waals surface area contributed by atoms with Crippen molar-refractivity contribution in [3.05, 3.63) is 16.6 Å². The summed E-state index contributed by atoms with van der Waals surface area (Å²) in [6, 6.07) is 0.216. The Labute approximate surface area is 88.3 Å². The van der Waals surface area contributed by atoms with Crippen LogP contribution in [0.1, 0.15) is 18.2 Å². The molecule has 0 radical (unpaired) electrons. The van der Waals surface area contributed by atoms with E-state index in [1.807, 2.05) is 11.7 Å². The molecule has 0 saturated carbocycles. The molecule has 4 heteroatoms. The second-order valence-corrected chi connectivity index (χ2v) is 4.84. The summed E-state index contributed by atoms with van der Waals surface area (Å²) >= 11 is 1.68. The monoisotopic (exact) mass is 212 g/mol. The maximum absolute atomic E-state index is 6.16. The Hall–Kier alpha value is -0.450. The first kappa shape index (κ1) is 10.1. The van der Waals surface area contributed by atoms with E-state index in [1.54, 1.807) is 11.3 Å². The highest BCUT2D eigenvalue weighted by Crippen LogP contribution is 2.25. The molecule has 1 aromatic rings. The number of thiazole rings is 1. The molecule has 0 aromatic carbocycles. The van der Waals surface area contributed by atoms with Crippen LogP contribution in [0.3, 0.4) is 0 Å². The van der Waals surface area contributed by atoms with Crippen molar-refractivity contribution in [2.24, 2.45) is 11.7 Å². The maximum Gasteiger partial charge on any atom is 0.0794 e. The molecular weight excluding hydrogens is 196 g/mol. The van der Waals surface area contributed by atoms with Gasteiger partial charge in [-0.05, 0) is 19.8 Å². The van der Waals surface area contributed by atoms with Gasteiger partial charge in [0.2, 0.25) is 0 Å². The van der Waals surface area contributed by atoms with Crippen LogP contribution in [0.25, 0.3) is 0 Å². The van der Waals surface area contributed by atoms with Gasteiger partial charge in [-0.2, -0.15) is 0 Å². The molecule has 2 rings (SSSR count). The third kappa shape index (κ3) is 2.13. The van der Waals surface area contributed by atoms with Crippen molar-refractivity contribution in [1.82, 2.24) is 4.98 Å². The Morgan fingerprint density at radius 1 is 1.79 bits per heavy atom. The van der Waals surface area contributed by atoms with Gasteiger partial charge in [0, 0.05) is 29.6 Å². The van der Waals surface area contributed by atoms with Gasteiger partial charge < -0.3 is 10.5 Å². The number of aromatic nitrogens is 1. The molecule has 14 heavy (non-hydrogen) atoms. The molecule has 1 aliphatic heterocycles. The van der Waals surface area contributed by atoms with E-state index in [2.05, 4.69) is 11.9 Å². The molecule has 1 fully saturated rings. The molecule has 2 N–H and O–H groups in total. The minimum atomic E-state index is 0.216. The number of hydrogen-bond donors (Lipinski definition) is 1. The highest BCUT2D eigenvalue weighted by molar-refractivity contribution is 7.09. The first-order valence-electron chi connectivity index (χ1n) is 5.02. The van der Waals surface area contributed by atoms with E-state index in [0.29, 0.717) is 12.0 Å². The molecule has 0 amide bonds. The summed E-state index contributed by atoms with van der Waals surface area (Å²) in [6.45, 7) is 2.98. The Balaban J connectivity index is 1.92. The topological polar surface area (TPSA) is 48.1 Å². The van der Waals surface area contributed by atoms with Crippen LogP contribution in [0.15, 0.2) is 11.7 Å². The van der Waals surface area contributed by atoms with Gasteiger partial charge >= 0.3 is 0 Å². The van der Waals surface area contributed by atoms with Gasteiger partial charge in [-0.1, -0.05) is 0 Å². The summed E-state index contributed by atoms with van der Waals surface area (Å²) in [7, 11) is 0. The average Bonchev–Trinajstić information content (AvgIpc) is 2.75. The fourth-order valence-electron chi connectivity index (χ4n) is 2.04. The number of ether oxygens (including phenoxy) is 1. The second kappa shape index (κ2) is 4.38. The van der Waals surface area contributed by atoms with E-state index in [0.717, 1.165) is 19.4 Å². The van der Waals surface area contributed by atoms with Gasteiger partial charge in [0.25, 0.3) is 0 Å². The van der Waals surface area contributed by atoms with E-state index in [4.69, 9.17) is 10.5 Å². The van der Waals surface area contributed by atoms with Crippen molar-refractivity contribution < 1.29 is 4.74 Å². The summed E-state index contributed by atoms with van der Waals surface area (Å²) in [5.41, 5.74) is 8.02. The molecule has 1 saturated heterocycles. The standard InChI is InChI=1S/C10H16N2OS/c1-7-9(2-3-13-7)10(11)4-8-5-12-6-14-8/h5-7,9-10H,2-4,11H2,1H3. The normalized spacial score (nSPS) is 29.3. The lowest BCUT2D eigenvalue weighted by Gasteiger charge is -2.21. The van der Waals surface area contributed by atoms with Crippen molar-refractivity contribution in [2.75, 3.05) is 6.61 Å². The fourth-order valence-corrected chi connectivity index (χ4v) is 2.70. The predicted octanol–water partition coefficient (Wildman–Crippen LogP) is 1.44. The van der Waals surface area contributed by atoms with Crippen LogP contribution in [0, 0.1) is 5.92 Å². The summed E-state index contributed by atoms with van der Waals surface area (Å²) in [6.07, 6.45) is 4.26. The largest absolute Gasteiger partial charge is 0.378 e. The minimum Gasteiger partial charge on any atom is -0.378 e. The zero-order valence-corrected chi connectivity index (χ0v) is 9.17. The molecule has 3 atom stereocenters. The lowest BCUT2D eigenvalue weighted by atomic mass is 9.92. The lowest BCUT2D eigenvalue weighted by molar-refractivity contribution is 0.0995. The highest BCUT2D eigenvalue weighted by Gasteiger charge is 2.29. The third-order valence-corrected chi connectivity index (χ3v) is 3.71. The van der Waals surface area contributed by atoms with E-state index < -0.39 is 0 Å². The SMILES string of the molecule is CC1OCCC1C(N)Cc1cncs1. The molecule has 1 aliphatic rings. The molecule has 78 valence electrons. The number of hydrogen-bond acceptors (Lipinski definition) is 4. The van der Waals surface area contributed by atoms with Gasteiger partial charge in [-0.3, -0.25) is 4.98 Å². The second-order valence-electron chi connectivity index (χ2n) is 3.86. The van der Waals surface area contributed by atoms with Crippen molar-refractivity contribution in [2.45, 2.75) is 31.9 Å². The minimum absolute atomic E-state index is 0.216. The predicted molar refractivity (Wildman–Crippen MR) is 57.3 cm³/mol. The summed E-state index contributed by atoms with van der Waals surface area (Å²) < 4.78 is 5.51. The Bertz CT molecular complexity index is 276. The van der Waals surface area contributed by atoms with Gasteiger partial charge in [0.05, 0.1) is 11.6 Å². The van der Waals surface area contributed by atoms with Crippen LogP contribution in [-0.4, -0.2) is 23.7 Å². The van der Waals surface area contributed by atoms with Crippen LogP contribution >= 0.6 is 11.3 Å². The molecule has 1 aromatic heterocycles. The number of nitrogens with two attached hydrogens (primary N) is 1. The Morgan fingerprint density at radius 3 is 3.21 bits per heavy atom. The van der Waals surface area contributed by atoms with E-state index in [1.165, 1.54) is 4.88 Å². The van der Waals surface area contributed by atoms with Crippen LogP contribution < -0.4 is 5.73 Å². The average molecular weight is 212 g/mol. The van der Waals surface area contributed by atoms with Crippen LogP contribution in [0.2, 0.25) is 0 Å². The molecule has 0 aliphatic carbocycles. The fraction of sp³-hybridized carbons (Fsp3) is 0.700. The maximum atomic E-state index is 6.16. The van der Waals surface area contributed by atoms with Crippen molar-refractivity contribution in [1.29, 1.82) is 0 Å². The quantitative estimate of drug-likeness (QED) is 0.824. The van der Waals surface area contributed by atoms with Gasteiger partial charge in [0.15, 0.2) is 0 Å². The zero-order valence-electron chi connectivity index (χ0n) is 8.35. The van der Waals surface area contributed by atoms with Gasteiger partial charge in [0.1, 0.15) is 0 Å². The van der Waals surface area contributed by atoms with Gasteiger partial charge in [-0.15, -0.1) is 11.3 Å². The first-order valence-corrected chi connectivity index (χ1v) is 5.90. The summed E-state index contributed by atoms with van der Waals surface area (Å²) in [4.78, 5) is 5.33. The summed E-state index contributed by atoms with van der Waals surface area (Å²) in [5.74, 6) is 0.511. The highest BCUT2D eigenvalue weighted by atomic mass is 32.1. The van der Waals surface area contributed by atoms with Crippen molar-refractivity contribution in [3.63, 3.8) is 0 Å². The molecule has 0 bridgehead atoms. The molecule has 3 unspecified atom stereocenters. The van der Waals surface area contributed by atoms with Gasteiger partial charge in [-0.25, -0.2) is 0 Å².